The molecule has 0 atom stereocenters. The van der Waals surface area contributed by atoms with Crippen molar-refractivity contribution in [3.63, 3.8) is 0 Å². The van der Waals surface area contributed by atoms with Crippen molar-refractivity contribution in [1.82, 2.24) is 5.32 Å². The van der Waals surface area contributed by atoms with Crippen molar-refractivity contribution in [2.24, 2.45) is 0 Å². The van der Waals surface area contributed by atoms with E-state index in [4.69, 9.17) is 4.74 Å². The lowest BCUT2D eigenvalue weighted by atomic mass is 10.1. The summed E-state index contributed by atoms with van der Waals surface area (Å²) in [5.41, 5.74) is 3.80. The van der Waals surface area contributed by atoms with Crippen LogP contribution < -0.4 is 20.7 Å². The largest absolute Gasteiger partial charge is 0.492 e. The molecule has 6 heteroatoms. The fourth-order valence-corrected chi connectivity index (χ4v) is 3.04. The van der Waals surface area contributed by atoms with Gasteiger partial charge in [-0.3, -0.25) is 9.59 Å². The maximum Gasteiger partial charge on any atom is 0.253 e. The molecule has 3 aromatic rings. The summed E-state index contributed by atoms with van der Waals surface area (Å²) in [6.07, 6.45) is 0. The van der Waals surface area contributed by atoms with E-state index in [2.05, 4.69) is 16.0 Å². The number of para-hydroxylation sites is 3. The van der Waals surface area contributed by atoms with E-state index >= 15 is 0 Å². The molecule has 31 heavy (non-hydrogen) atoms. The van der Waals surface area contributed by atoms with Gasteiger partial charge in [-0.15, -0.1) is 0 Å². The molecule has 0 fully saturated rings. The highest BCUT2D eigenvalue weighted by molar-refractivity contribution is 6.04. The number of anilines is 2. The second-order valence-electron chi connectivity index (χ2n) is 7.04. The molecule has 0 saturated heterocycles. The summed E-state index contributed by atoms with van der Waals surface area (Å²) in [5, 5.41) is 8.80. The number of ether oxygens (including phenoxy) is 1. The van der Waals surface area contributed by atoms with Crippen molar-refractivity contribution in [2.75, 3.05) is 23.8 Å². The number of hydrogen-bond donors (Lipinski definition) is 3. The van der Waals surface area contributed by atoms with Crippen LogP contribution in [-0.2, 0) is 11.3 Å². The minimum atomic E-state index is -0.259. The van der Waals surface area contributed by atoms with Crippen LogP contribution in [0.4, 0.5) is 11.4 Å². The van der Waals surface area contributed by atoms with E-state index in [1.807, 2.05) is 62.4 Å². The Kier molecular flexibility index (Phi) is 7.65. The van der Waals surface area contributed by atoms with Gasteiger partial charge in [0.1, 0.15) is 5.75 Å². The monoisotopic (exact) mass is 417 g/mol. The van der Waals surface area contributed by atoms with Gasteiger partial charge in [0.2, 0.25) is 5.91 Å². The Morgan fingerprint density at radius 2 is 1.55 bits per heavy atom. The maximum absolute atomic E-state index is 12.7. The summed E-state index contributed by atoms with van der Waals surface area (Å²) >= 11 is 0. The number of nitrogens with one attached hydrogen (secondary N) is 3. The van der Waals surface area contributed by atoms with Crippen molar-refractivity contribution in [3.05, 3.63) is 89.5 Å². The van der Waals surface area contributed by atoms with Crippen molar-refractivity contribution < 1.29 is 14.3 Å². The molecule has 0 unspecified atom stereocenters. The summed E-state index contributed by atoms with van der Waals surface area (Å²) in [7, 11) is 0. The molecule has 0 spiro atoms. The molecule has 160 valence electrons. The number of carbonyl (C=O) groups excluding carboxylic acids is 2. The first-order valence-corrected chi connectivity index (χ1v) is 10.2. The maximum atomic E-state index is 12.7. The van der Waals surface area contributed by atoms with E-state index in [0.29, 0.717) is 30.2 Å². The van der Waals surface area contributed by atoms with E-state index in [1.165, 1.54) is 5.56 Å². The van der Waals surface area contributed by atoms with Crippen molar-refractivity contribution >= 4 is 23.2 Å². The fraction of sp³-hybridized carbons (Fsp3) is 0.200. The lowest BCUT2D eigenvalue weighted by Gasteiger charge is -2.14. The standard InChI is InChI=1S/C25H27N3O3/c1-3-31-23-11-7-6-10-22(23)26-17-24(29)28-21-9-5-4-8-20(21)25(30)27-16-19-14-12-18(2)13-15-19/h4-15,26H,3,16-17H2,1-2H3,(H,27,30)(H,28,29). The van der Waals surface area contributed by atoms with E-state index in [0.717, 1.165) is 11.3 Å². The summed E-state index contributed by atoms with van der Waals surface area (Å²) < 4.78 is 5.56. The number of aryl methyl sites for hydroxylation is 1. The summed E-state index contributed by atoms with van der Waals surface area (Å²) in [4.78, 5) is 25.2. The van der Waals surface area contributed by atoms with Crippen LogP contribution in [-0.4, -0.2) is 25.0 Å². The van der Waals surface area contributed by atoms with Gasteiger partial charge in [0.05, 0.1) is 30.1 Å². The zero-order valence-corrected chi connectivity index (χ0v) is 17.8. The first-order valence-electron chi connectivity index (χ1n) is 10.2. The highest BCUT2D eigenvalue weighted by Crippen LogP contribution is 2.23. The van der Waals surface area contributed by atoms with E-state index in [9.17, 15) is 9.59 Å². The number of amides is 2. The molecule has 2 amide bonds. The minimum Gasteiger partial charge on any atom is -0.492 e. The average molecular weight is 418 g/mol. The molecular formula is C25H27N3O3. The molecule has 0 aromatic heterocycles. The van der Waals surface area contributed by atoms with Gasteiger partial charge in [0.15, 0.2) is 0 Å². The Morgan fingerprint density at radius 1 is 0.871 bits per heavy atom. The molecule has 0 aliphatic heterocycles. The number of benzene rings is 3. The average Bonchev–Trinajstić information content (AvgIpc) is 2.78. The predicted molar refractivity (Wildman–Crippen MR) is 124 cm³/mol. The van der Waals surface area contributed by atoms with Crippen molar-refractivity contribution in [2.45, 2.75) is 20.4 Å². The van der Waals surface area contributed by atoms with Gasteiger partial charge in [0.25, 0.3) is 5.91 Å². The van der Waals surface area contributed by atoms with Crippen LogP contribution in [0.3, 0.4) is 0 Å². The highest BCUT2D eigenvalue weighted by atomic mass is 16.5. The van der Waals surface area contributed by atoms with Crippen LogP contribution in [0, 0.1) is 6.92 Å². The Balaban J connectivity index is 1.60. The first kappa shape index (κ1) is 21.9. The van der Waals surface area contributed by atoms with Crippen LogP contribution in [0.15, 0.2) is 72.8 Å². The zero-order chi connectivity index (χ0) is 22.1. The van der Waals surface area contributed by atoms with Gasteiger partial charge in [-0.2, -0.15) is 0 Å². The Morgan fingerprint density at radius 3 is 2.29 bits per heavy atom. The number of rotatable bonds is 9. The fourth-order valence-electron chi connectivity index (χ4n) is 3.04. The van der Waals surface area contributed by atoms with Crippen molar-refractivity contribution in [1.29, 1.82) is 0 Å². The normalized spacial score (nSPS) is 10.3. The quantitative estimate of drug-likeness (QED) is 0.483. The van der Waals surface area contributed by atoms with Crippen LogP contribution in [0.5, 0.6) is 5.75 Å². The third-order valence-corrected chi connectivity index (χ3v) is 4.65. The predicted octanol–water partition coefficient (Wildman–Crippen LogP) is 4.37. The van der Waals surface area contributed by atoms with Gasteiger partial charge in [0, 0.05) is 6.54 Å². The van der Waals surface area contributed by atoms with Crippen LogP contribution >= 0.6 is 0 Å². The van der Waals surface area contributed by atoms with Gasteiger partial charge in [-0.05, 0) is 43.7 Å². The third-order valence-electron chi connectivity index (χ3n) is 4.65. The van der Waals surface area contributed by atoms with Gasteiger partial charge >= 0.3 is 0 Å². The molecule has 3 aromatic carbocycles. The molecule has 0 bridgehead atoms. The van der Waals surface area contributed by atoms with Gasteiger partial charge in [-0.1, -0.05) is 54.1 Å². The molecule has 6 nitrogen and oxygen atoms in total. The van der Waals surface area contributed by atoms with E-state index in [1.54, 1.807) is 24.3 Å². The molecule has 0 aliphatic rings. The zero-order valence-electron chi connectivity index (χ0n) is 17.8. The Bertz CT molecular complexity index is 1030. The lowest BCUT2D eigenvalue weighted by Crippen LogP contribution is -2.26. The molecule has 0 aliphatic carbocycles. The third kappa shape index (κ3) is 6.34. The summed E-state index contributed by atoms with van der Waals surface area (Å²) in [6.45, 7) is 4.92. The summed E-state index contributed by atoms with van der Waals surface area (Å²) in [5.74, 6) is 0.185. The summed E-state index contributed by atoms with van der Waals surface area (Å²) in [6, 6.07) is 22.4. The Hall–Kier alpha value is -3.80. The SMILES string of the molecule is CCOc1ccccc1NCC(=O)Nc1ccccc1C(=O)NCc1ccc(C)cc1. The minimum absolute atomic E-state index is 0.0450. The molecule has 0 saturated carbocycles. The molecular weight excluding hydrogens is 390 g/mol. The molecule has 3 N–H and O–H groups in total. The second kappa shape index (κ2) is 10.8. The van der Waals surface area contributed by atoms with Crippen LogP contribution in [0.2, 0.25) is 0 Å². The van der Waals surface area contributed by atoms with Crippen LogP contribution in [0.1, 0.15) is 28.4 Å². The highest BCUT2D eigenvalue weighted by Gasteiger charge is 2.13. The number of hydrogen-bond acceptors (Lipinski definition) is 4. The Labute approximate surface area is 182 Å². The van der Waals surface area contributed by atoms with Crippen molar-refractivity contribution in [3.8, 4) is 5.75 Å². The van der Waals surface area contributed by atoms with Crippen LogP contribution in [0.25, 0.3) is 0 Å². The second-order valence-corrected chi connectivity index (χ2v) is 7.04. The topological polar surface area (TPSA) is 79.5 Å². The number of carbonyl (C=O) groups is 2. The molecule has 0 radical (unpaired) electrons. The van der Waals surface area contributed by atoms with E-state index in [-0.39, 0.29) is 18.4 Å². The van der Waals surface area contributed by atoms with Gasteiger partial charge in [-0.25, -0.2) is 0 Å². The smallest absolute Gasteiger partial charge is 0.253 e. The molecule has 0 heterocycles. The lowest BCUT2D eigenvalue weighted by molar-refractivity contribution is -0.114. The van der Waals surface area contributed by atoms with E-state index < -0.39 is 0 Å². The molecule has 3 rings (SSSR count). The first-order chi connectivity index (χ1) is 15.1. The van der Waals surface area contributed by atoms with Gasteiger partial charge < -0.3 is 20.7 Å².